The van der Waals surface area contributed by atoms with Crippen molar-refractivity contribution in [3.8, 4) is 5.75 Å². The molecule has 0 fully saturated rings. The summed E-state index contributed by atoms with van der Waals surface area (Å²) in [5.41, 5.74) is 3.87. The molecule has 3 N–H and O–H groups in total. The van der Waals surface area contributed by atoms with Crippen LogP contribution in [0.3, 0.4) is 0 Å². The molecule has 2 aromatic rings. The van der Waals surface area contributed by atoms with Gasteiger partial charge >= 0.3 is 5.97 Å². The minimum absolute atomic E-state index is 0.0539. The number of nitrogens with one attached hydrogen (secondary N) is 2. The van der Waals surface area contributed by atoms with Gasteiger partial charge < -0.3 is 20.1 Å². The van der Waals surface area contributed by atoms with Gasteiger partial charge in [0.1, 0.15) is 11.4 Å². The van der Waals surface area contributed by atoms with Crippen LogP contribution in [0.2, 0.25) is 0 Å². The number of aromatic nitrogens is 1. The molecule has 1 amide bonds. The molecule has 6 nitrogen and oxygen atoms in total. The van der Waals surface area contributed by atoms with Gasteiger partial charge in [-0.2, -0.15) is 0 Å². The number of aromatic amines is 1. The predicted molar refractivity (Wildman–Crippen MR) is 82.6 cm³/mol. The monoisotopic (exact) mass is 302 g/mol. The number of carboxylic acid groups (broad SMARTS) is 1. The number of aryl methyl sites for hydroxylation is 2. The van der Waals surface area contributed by atoms with Crippen molar-refractivity contribution in [1.82, 2.24) is 4.98 Å². The van der Waals surface area contributed by atoms with Crippen LogP contribution in [0.15, 0.2) is 24.3 Å². The van der Waals surface area contributed by atoms with Crippen molar-refractivity contribution < 1.29 is 19.4 Å². The summed E-state index contributed by atoms with van der Waals surface area (Å²) < 4.78 is 5.04. The highest BCUT2D eigenvalue weighted by atomic mass is 16.5. The first-order valence-electron chi connectivity index (χ1n) is 6.77. The number of benzene rings is 1. The maximum atomic E-state index is 10.9. The fraction of sp³-hybridized carbons (Fsp3) is 0.250. The number of H-pyrrole nitrogens is 1. The summed E-state index contributed by atoms with van der Waals surface area (Å²) in [6.07, 6.45) is 0.465. The summed E-state index contributed by atoms with van der Waals surface area (Å²) in [5, 5.41) is 11.3. The first-order chi connectivity index (χ1) is 10.4. The molecule has 0 aliphatic carbocycles. The van der Waals surface area contributed by atoms with Crippen LogP contribution in [-0.4, -0.2) is 29.1 Å². The van der Waals surface area contributed by atoms with E-state index in [0.717, 1.165) is 28.3 Å². The molecule has 0 bridgehead atoms. The van der Waals surface area contributed by atoms with Crippen LogP contribution < -0.4 is 10.1 Å². The van der Waals surface area contributed by atoms with Gasteiger partial charge in [0.15, 0.2) is 0 Å². The maximum absolute atomic E-state index is 10.9. The van der Waals surface area contributed by atoms with E-state index in [2.05, 4.69) is 10.3 Å². The summed E-state index contributed by atoms with van der Waals surface area (Å²) >= 11 is 0. The number of carbonyl (C=O) groups excluding carboxylic acids is 1. The number of fused-ring (bicyclic) bond motifs is 1. The topological polar surface area (TPSA) is 91.4 Å². The molecular weight excluding hydrogens is 284 g/mol. The van der Waals surface area contributed by atoms with Crippen LogP contribution in [0.1, 0.15) is 27.3 Å². The molecule has 0 atom stereocenters. The number of hydrogen-bond donors (Lipinski definition) is 3. The van der Waals surface area contributed by atoms with E-state index in [1.165, 1.54) is 0 Å². The van der Waals surface area contributed by atoms with Gasteiger partial charge in [0, 0.05) is 11.4 Å². The Hall–Kier alpha value is -2.76. The lowest BCUT2D eigenvalue weighted by Gasteiger charge is -2.01. The summed E-state index contributed by atoms with van der Waals surface area (Å²) in [7, 11) is 1.62. The van der Waals surface area contributed by atoms with Crippen LogP contribution in [0.5, 0.6) is 5.75 Å². The average molecular weight is 302 g/mol. The van der Waals surface area contributed by atoms with Gasteiger partial charge in [-0.15, -0.1) is 0 Å². The molecule has 1 aromatic carbocycles. The normalized spacial score (nSPS) is 12.0. The van der Waals surface area contributed by atoms with Gasteiger partial charge in [-0.1, -0.05) is 0 Å². The minimum Gasteiger partial charge on any atom is -0.497 e. The summed E-state index contributed by atoms with van der Waals surface area (Å²) in [4.78, 5) is 24.1. The first-order valence-corrected chi connectivity index (χ1v) is 6.77. The number of carboxylic acids is 1. The van der Waals surface area contributed by atoms with Crippen molar-refractivity contribution in [2.75, 3.05) is 12.4 Å². The second-order valence-corrected chi connectivity index (χ2v) is 5.06. The minimum atomic E-state index is -0.898. The Balaban J connectivity index is 0.000000164. The van der Waals surface area contributed by atoms with Crippen LogP contribution in [-0.2, 0) is 11.2 Å². The average Bonchev–Trinajstić information content (AvgIpc) is 2.99. The zero-order chi connectivity index (χ0) is 16.3. The summed E-state index contributed by atoms with van der Waals surface area (Å²) in [6, 6.07) is 7.39. The van der Waals surface area contributed by atoms with Crippen LogP contribution in [0.4, 0.5) is 5.69 Å². The summed E-state index contributed by atoms with van der Waals surface area (Å²) in [6.45, 7) is 3.60. The fourth-order valence-corrected chi connectivity index (χ4v) is 2.28. The third-order valence-corrected chi connectivity index (χ3v) is 3.30. The molecule has 2 heterocycles. The van der Waals surface area contributed by atoms with E-state index in [0.29, 0.717) is 6.42 Å². The van der Waals surface area contributed by atoms with Crippen LogP contribution >= 0.6 is 0 Å². The summed E-state index contributed by atoms with van der Waals surface area (Å²) in [5.74, 6) is -0.0471. The number of rotatable bonds is 2. The van der Waals surface area contributed by atoms with Gasteiger partial charge in [-0.3, -0.25) is 4.79 Å². The molecule has 3 rings (SSSR count). The second kappa shape index (κ2) is 6.34. The largest absolute Gasteiger partial charge is 0.497 e. The standard InChI is InChI=1S/C9H9NO2.C7H9NO2/c1-12-7-2-3-8-6(4-7)5-9(11)10-8;1-4-3-5(2)8-6(4)7(9)10/h2-4H,5H2,1H3,(H,10,11);3,8H,1-2H3,(H,9,10). The van der Waals surface area contributed by atoms with Gasteiger partial charge in [0.2, 0.25) is 5.91 Å². The number of methoxy groups -OCH3 is 1. The molecule has 0 spiro atoms. The van der Waals surface area contributed by atoms with E-state index in [1.54, 1.807) is 14.0 Å². The Morgan fingerprint density at radius 2 is 2.00 bits per heavy atom. The van der Waals surface area contributed by atoms with Crippen molar-refractivity contribution >= 4 is 17.6 Å². The molecule has 1 aliphatic heterocycles. The Morgan fingerprint density at radius 3 is 2.50 bits per heavy atom. The number of amides is 1. The van der Waals surface area contributed by atoms with Gasteiger partial charge in [0.25, 0.3) is 0 Å². The van der Waals surface area contributed by atoms with Gasteiger partial charge in [-0.05, 0) is 49.2 Å². The van der Waals surface area contributed by atoms with E-state index < -0.39 is 5.97 Å². The third kappa shape index (κ3) is 3.46. The molecule has 0 unspecified atom stereocenters. The smallest absolute Gasteiger partial charge is 0.352 e. The number of carbonyl (C=O) groups is 2. The van der Waals surface area contributed by atoms with Crippen molar-refractivity contribution in [3.63, 3.8) is 0 Å². The van der Waals surface area contributed by atoms with E-state index in [1.807, 2.05) is 31.2 Å². The number of anilines is 1. The highest BCUT2D eigenvalue weighted by molar-refractivity contribution is 5.99. The predicted octanol–water partition coefficient (Wildman–Crippen LogP) is 2.52. The van der Waals surface area contributed by atoms with Crippen molar-refractivity contribution in [2.24, 2.45) is 0 Å². The van der Waals surface area contributed by atoms with Gasteiger partial charge in [-0.25, -0.2) is 4.79 Å². The van der Waals surface area contributed by atoms with E-state index in [-0.39, 0.29) is 11.6 Å². The number of aromatic carboxylic acids is 1. The molecule has 0 saturated heterocycles. The van der Waals surface area contributed by atoms with Crippen LogP contribution in [0, 0.1) is 13.8 Å². The lowest BCUT2D eigenvalue weighted by molar-refractivity contribution is -0.115. The molecule has 1 aromatic heterocycles. The van der Waals surface area contributed by atoms with E-state index in [9.17, 15) is 9.59 Å². The Morgan fingerprint density at radius 1 is 1.27 bits per heavy atom. The first kappa shape index (κ1) is 15.6. The number of hydrogen-bond acceptors (Lipinski definition) is 3. The highest BCUT2D eigenvalue weighted by Crippen LogP contribution is 2.26. The SMILES string of the molecule is COc1ccc2c(c1)CC(=O)N2.Cc1cc(C)c(C(=O)O)[nH]1. The quantitative estimate of drug-likeness (QED) is 0.795. The number of ether oxygens (including phenoxy) is 1. The zero-order valence-electron chi connectivity index (χ0n) is 12.7. The fourth-order valence-electron chi connectivity index (χ4n) is 2.28. The van der Waals surface area contributed by atoms with Crippen molar-refractivity contribution in [3.05, 3.63) is 46.8 Å². The molecule has 116 valence electrons. The van der Waals surface area contributed by atoms with E-state index in [4.69, 9.17) is 9.84 Å². The molecule has 1 aliphatic rings. The van der Waals surface area contributed by atoms with Crippen molar-refractivity contribution in [1.29, 1.82) is 0 Å². The lowest BCUT2D eigenvalue weighted by Crippen LogP contribution is -2.03. The van der Waals surface area contributed by atoms with Crippen LogP contribution in [0.25, 0.3) is 0 Å². The molecular formula is C16H18N2O4. The molecule has 22 heavy (non-hydrogen) atoms. The Labute approximate surface area is 128 Å². The second-order valence-electron chi connectivity index (χ2n) is 5.06. The lowest BCUT2D eigenvalue weighted by atomic mass is 10.1. The highest BCUT2D eigenvalue weighted by Gasteiger charge is 2.17. The van der Waals surface area contributed by atoms with Gasteiger partial charge in [0.05, 0.1) is 13.5 Å². The van der Waals surface area contributed by atoms with Crippen molar-refractivity contribution in [2.45, 2.75) is 20.3 Å². The van der Waals surface area contributed by atoms with E-state index >= 15 is 0 Å². The third-order valence-electron chi connectivity index (χ3n) is 3.30. The maximum Gasteiger partial charge on any atom is 0.352 e. The molecule has 6 heteroatoms. The Bertz CT molecular complexity index is 719. The zero-order valence-corrected chi connectivity index (χ0v) is 12.7. The molecule has 0 saturated carbocycles. The molecule has 0 radical (unpaired) electrons. The Kier molecular flexibility index (Phi) is 4.50.